The van der Waals surface area contributed by atoms with Crippen LogP contribution in [0.5, 0.6) is 0 Å². The molecule has 2 aromatic rings. The molecule has 0 aliphatic carbocycles. The molecule has 2 rings (SSSR count). The molecule has 1 aromatic carbocycles. The van der Waals surface area contributed by atoms with Crippen LogP contribution in [0.3, 0.4) is 0 Å². The molecule has 0 aliphatic heterocycles. The summed E-state index contributed by atoms with van der Waals surface area (Å²) in [6, 6.07) is 1.92. The number of rotatable bonds is 4. The molecule has 0 aliphatic rings. The van der Waals surface area contributed by atoms with Gasteiger partial charge in [0.15, 0.2) is 0 Å². The predicted molar refractivity (Wildman–Crippen MR) is 74.3 cm³/mol. The van der Waals surface area contributed by atoms with Crippen molar-refractivity contribution in [2.24, 2.45) is 0 Å². The van der Waals surface area contributed by atoms with Crippen molar-refractivity contribution in [2.75, 3.05) is 10.5 Å². The molecule has 1 heterocycles. The number of hydrogen-bond donors (Lipinski definition) is 2. The van der Waals surface area contributed by atoms with E-state index in [2.05, 4.69) is 9.71 Å². The first-order valence-corrected chi connectivity index (χ1v) is 7.18. The maximum Gasteiger partial charge on any atom is 0.309 e. The Bertz CT molecular complexity index is 812. The van der Waals surface area contributed by atoms with E-state index >= 15 is 0 Å². The van der Waals surface area contributed by atoms with Crippen molar-refractivity contribution in [3.05, 3.63) is 39.8 Å². The van der Waals surface area contributed by atoms with Crippen LogP contribution in [-0.2, 0) is 10.0 Å². The smallest absolute Gasteiger partial charge is 0.309 e. The summed E-state index contributed by atoms with van der Waals surface area (Å²) in [7, 11) is -4.07. The van der Waals surface area contributed by atoms with Crippen molar-refractivity contribution in [3.8, 4) is 0 Å². The van der Waals surface area contributed by atoms with Crippen molar-refractivity contribution in [3.63, 3.8) is 0 Å². The fourth-order valence-electron chi connectivity index (χ4n) is 1.72. The highest BCUT2D eigenvalue weighted by molar-refractivity contribution is 7.92. The fourth-order valence-corrected chi connectivity index (χ4v) is 2.90. The van der Waals surface area contributed by atoms with Crippen LogP contribution < -0.4 is 10.5 Å². The van der Waals surface area contributed by atoms with Gasteiger partial charge in [0.1, 0.15) is 12.0 Å². The Labute approximate surface area is 120 Å². The third kappa shape index (κ3) is 2.94. The number of aryl methyl sites for hydroxylation is 2. The molecule has 1 aromatic heterocycles. The van der Waals surface area contributed by atoms with Crippen LogP contribution in [0.25, 0.3) is 0 Å². The van der Waals surface area contributed by atoms with Crippen LogP contribution in [0.2, 0.25) is 0 Å². The molecule has 0 saturated carbocycles. The molecule has 21 heavy (non-hydrogen) atoms. The average Bonchev–Trinajstić information content (AvgIpc) is 2.72. The van der Waals surface area contributed by atoms with E-state index in [4.69, 9.17) is 10.2 Å². The van der Waals surface area contributed by atoms with Gasteiger partial charge in [0.2, 0.25) is 0 Å². The van der Waals surface area contributed by atoms with Gasteiger partial charge in [-0.1, -0.05) is 0 Å². The van der Waals surface area contributed by atoms with Gasteiger partial charge in [-0.15, -0.1) is 0 Å². The van der Waals surface area contributed by atoms with Gasteiger partial charge >= 0.3 is 6.01 Å². The first-order valence-electron chi connectivity index (χ1n) is 5.70. The summed E-state index contributed by atoms with van der Waals surface area (Å²) in [4.78, 5) is 13.7. The quantitative estimate of drug-likeness (QED) is 0.496. The summed E-state index contributed by atoms with van der Waals surface area (Å²) in [5.41, 5.74) is 5.68. The van der Waals surface area contributed by atoms with Crippen LogP contribution in [0.4, 0.5) is 17.4 Å². The number of nitrogen functional groups attached to an aromatic ring is 1. The number of nitro benzene ring substituents is 1. The van der Waals surface area contributed by atoms with Crippen LogP contribution >= 0.6 is 0 Å². The third-order valence-corrected chi connectivity index (χ3v) is 4.11. The van der Waals surface area contributed by atoms with Crippen molar-refractivity contribution < 1.29 is 17.8 Å². The van der Waals surface area contributed by atoms with E-state index in [1.54, 1.807) is 6.92 Å². The van der Waals surface area contributed by atoms with E-state index in [1.807, 2.05) is 0 Å². The summed E-state index contributed by atoms with van der Waals surface area (Å²) in [5, 5.41) is 10.9. The predicted octanol–water partition coefficient (Wildman–Crippen LogP) is 1.58. The number of sulfonamides is 1. The number of aromatic nitrogens is 1. The third-order valence-electron chi connectivity index (χ3n) is 2.65. The topological polar surface area (TPSA) is 141 Å². The van der Waals surface area contributed by atoms with E-state index in [0.29, 0.717) is 5.69 Å². The largest absolute Gasteiger partial charge is 0.431 e. The minimum Gasteiger partial charge on any atom is -0.431 e. The lowest BCUT2D eigenvalue weighted by atomic mass is 10.2. The number of nitro groups is 1. The standard InChI is InChI=1S/C11H12N4O5S/c1-6-3-8(12)9(15(16)17)4-10(6)21(18,19)14-11-13-7(2)5-20-11/h3-5H,12H2,1-2H3,(H,13,14). The van der Waals surface area contributed by atoms with Gasteiger partial charge in [0.25, 0.3) is 15.7 Å². The molecule has 0 amide bonds. The van der Waals surface area contributed by atoms with Gasteiger partial charge in [-0.2, -0.15) is 4.98 Å². The van der Waals surface area contributed by atoms with Crippen LogP contribution in [-0.4, -0.2) is 18.3 Å². The highest BCUT2D eigenvalue weighted by Crippen LogP contribution is 2.29. The van der Waals surface area contributed by atoms with Gasteiger partial charge in [-0.05, 0) is 25.5 Å². The molecule has 3 N–H and O–H groups in total. The van der Waals surface area contributed by atoms with Gasteiger partial charge in [-0.25, -0.2) is 13.1 Å². The number of nitrogens with zero attached hydrogens (tertiary/aromatic N) is 2. The van der Waals surface area contributed by atoms with Crippen molar-refractivity contribution >= 4 is 27.4 Å². The summed E-state index contributed by atoms with van der Waals surface area (Å²) in [6.45, 7) is 3.11. The minimum atomic E-state index is -4.07. The lowest BCUT2D eigenvalue weighted by molar-refractivity contribution is -0.384. The second-order valence-electron chi connectivity index (χ2n) is 4.33. The lowest BCUT2D eigenvalue weighted by Crippen LogP contribution is -2.15. The molecule has 0 saturated heterocycles. The molecule has 0 radical (unpaired) electrons. The minimum absolute atomic E-state index is 0.108. The molecule has 0 atom stereocenters. The molecular weight excluding hydrogens is 300 g/mol. The Morgan fingerprint density at radius 2 is 2.05 bits per heavy atom. The Kier molecular flexibility index (Phi) is 3.56. The summed E-state index contributed by atoms with van der Waals surface area (Å²) >= 11 is 0. The molecule has 9 nitrogen and oxygen atoms in total. The maximum absolute atomic E-state index is 12.2. The number of nitrogens with one attached hydrogen (secondary N) is 1. The van der Waals surface area contributed by atoms with Crippen molar-refractivity contribution in [2.45, 2.75) is 18.7 Å². The second-order valence-corrected chi connectivity index (χ2v) is 5.98. The Hall–Kier alpha value is -2.62. The molecule has 0 bridgehead atoms. The van der Waals surface area contributed by atoms with E-state index in [1.165, 1.54) is 19.3 Å². The highest BCUT2D eigenvalue weighted by atomic mass is 32.2. The number of hydrogen-bond acceptors (Lipinski definition) is 7. The fraction of sp³-hybridized carbons (Fsp3) is 0.182. The van der Waals surface area contributed by atoms with E-state index in [9.17, 15) is 18.5 Å². The normalized spacial score (nSPS) is 11.3. The average molecular weight is 312 g/mol. The van der Waals surface area contributed by atoms with Gasteiger partial charge in [0, 0.05) is 6.07 Å². The Balaban J connectivity index is 2.49. The monoisotopic (exact) mass is 312 g/mol. The van der Waals surface area contributed by atoms with Gasteiger partial charge in [-0.3, -0.25) is 10.1 Å². The second kappa shape index (κ2) is 5.05. The molecule has 0 spiro atoms. The van der Waals surface area contributed by atoms with Gasteiger partial charge < -0.3 is 10.2 Å². The van der Waals surface area contributed by atoms with Crippen molar-refractivity contribution in [1.82, 2.24) is 4.98 Å². The van der Waals surface area contributed by atoms with Crippen LogP contribution in [0.1, 0.15) is 11.3 Å². The van der Waals surface area contributed by atoms with E-state index in [0.717, 1.165) is 6.07 Å². The van der Waals surface area contributed by atoms with Crippen LogP contribution in [0, 0.1) is 24.0 Å². The summed E-state index contributed by atoms with van der Waals surface area (Å²) in [5.74, 6) is 0. The lowest BCUT2D eigenvalue weighted by Gasteiger charge is -2.08. The summed E-state index contributed by atoms with van der Waals surface area (Å²) in [6.07, 6.45) is 1.27. The molecular formula is C11H12N4O5S. The number of nitrogens with two attached hydrogens (primary N) is 1. The number of benzene rings is 1. The summed E-state index contributed by atoms with van der Waals surface area (Å²) < 4.78 is 31.5. The van der Waals surface area contributed by atoms with E-state index in [-0.39, 0.29) is 22.2 Å². The Morgan fingerprint density at radius 1 is 1.38 bits per heavy atom. The van der Waals surface area contributed by atoms with Gasteiger partial charge in [0.05, 0.1) is 15.5 Å². The van der Waals surface area contributed by atoms with Crippen LogP contribution in [0.15, 0.2) is 27.7 Å². The first-order chi connectivity index (χ1) is 9.70. The zero-order valence-electron chi connectivity index (χ0n) is 11.2. The first kappa shape index (κ1) is 14.8. The molecule has 0 unspecified atom stereocenters. The number of oxazole rings is 1. The molecule has 10 heteroatoms. The number of anilines is 2. The molecule has 0 fully saturated rings. The zero-order chi connectivity index (χ0) is 15.8. The molecule has 112 valence electrons. The zero-order valence-corrected chi connectivity index (χ0v) is 12.0. The Morgan fingerprint density at radius 3 is 2.57 bits per heavy atom. The SMILES string of the molecule is Cc1coc(NS(=O)(=O)c2cc([N+](=O)[O-])c(N)cc2C)n1. The maximum atomic E-state index is 12.2. The highest BCUT2D eigenvalue weighted by Gasteiger charge is 2.24. The van der Waals surface area contributed by atoms with E-state index < -0.39 is 20.6 Å². The van der Waals surface area contributed by atoms with Crippen molar-refractivity contribution in [1.29, 1.82) is 0 Å².